The largest absolute Gasteiger partial charge is 0.493 e. The minimum Gasteiger partial charge on any atom is -0.493 e. The van der Waals surface area contributed by atoms with Crippen LogP contribution in [-0.2, 0) is 4.79 Å². The molecule has 0 spiro atoms. The molecule has 0 bridgehead atoms. The molecule has 1 unspecified atom stereocenters. The molecule has 0 saturated carbocycles. The van der Waals surface area contributed by atoms with Crippen molar-refractivity contribution >= 4 is 11.8 Å². The fraction of sp³-hybridized carbons (Fsp3) is 0.619. The summed E-state index contributed by atoms with van der Waals surface area (Å²) in [6, 6.07) is 3.37. The highest BCUT2D eigenvalue weighted by atomic mass is 16.5. The van der Waals surface area contributed by atoms with E-state index in [0.717, 1.165) is 19.0 Å². The summed E-state index contributed by atoms with van der Waals surface area (Å²) in [7, 11) is 4.46. The van der Waals surface area contributed by atoms with Gasteiger partial charge in [0.1, 0.15) is 0 Å². The second-order valence-corrected chi connectivity index (χ2v) is 7.47. The maximum Gasteiger partial charge on any atom is 0.251 e. The van der Waals surface area contributed by atoms with Crippen molar-refractivity contribution in [2.24, 2.45) is 5.92 Å². The summed E-state index contributed by atoms with van der Waals surface area (Å²) in [6.45, 7) is 6.99. The van der Waals surface area contributed by atoms with Gasteiger partial charge in [0.15, 0.2) is 11.5 Å². The number of carbonyl (C=O) groups excluding carboxylic acids is 2. The zero-order valence-corrected chi connectivity index (χ0v) is 18.0. The van der Waals surface area contributed by atoms with Crippen LogP contribution in [-0.4, -0.2) is 70.3 Å². The minimum absolute atomic E-state index is 0.0980. The number of likely N-dealkylation sites (tertiary alicyclic amines) is 1. The highest BCUT2D eigenvalue weighted by Crippen LogP contribution is 2.38. The lowest BCUT2D eigenvalue weighted by Gasteiger charge is -2.35. The van der Waals surface area contributed by atoms with Crippen molar-refractivity contribution in [2.75, 3.05) is 47.5 Å². The molecule has 1 heterocycles. The van der Waals surface area contributed by atoms with Crippen LogP contribution in [0.15, 0.2) is 12.1 Å². The van der Waals surface area contributed by atoms with Crippen molar-refractivity contribution in [2.45, 2.75) is 32.7 Å². The number of carbonyl (C=O) groups is 2. The number of hydrogen-bond acceptors (Lipinski definition) is 6. The van der Waals surface area contributed by atoms with Crippen molar-refractivity contribution < 1.29 is 23.8 Å². The fourth-order valence-corrected chi connectivity index (χ4v) is 3.40. The smallest absolute Gasteiger partial charge is 0.251 e. The summed E-state index contributed by atoms with van der Waals surface area (Å²) in [5, 5.41) is 5.53. The number of ether oxygens (including phenoxy) is 3. The highest BCUT2D eigenvalue weighted by Gasteiger charge is 2.21. The van der Waals surface area contributed by atoms with E-state index < -0.39 is 5.91 Å². The van der Waals surface area contributed by atoms with Gasteiger partial charge in [-0.3, -0.25) is 14.5 Å². The molecule has 0 radical (unpaired) electrons. The SMILES string of the molecule is COc1cc(C(=O)NCC(=O)NCC(C)N2CCC(C)CC2)cc(OC)c1OC. The number of nitrogens with one attached hydrogen (secondary N) is 2. The molecule has 162 valence electrons. The Labute approximate surface area is 172 Å². The molecule has 1 aliphatic rings. The van der Waals surface area contributed by atoms with Gasteiger partial charge in [-0.2, -0.15) is 0 Å². The van der Waals surface area contributed by atoms with Crippen LogP contribution in [0.2, 0.25) is 0 Å². The summed E-state index contributed by atoms with van der Waals surface area (Å²) in [6.07, 6.45) is 2.40. The van der Waals surface area contributed by atoms with Crippen LogP contribution in [0.5, 0.6) is 17.2 Å². The molecule has 1 aromatic carbocycles. The summed E-state index contributed by atoms with van der Waals surface area (Å²) in [5.74, 6) is 1.33. The zero-order chi connectivity index (χ0) is 21.4. The first-order chi connectivity index (χ1) is 13.9. The average Bonchev–Trinajstić information content (AvgIpc) is 2.74. The van der Waals surface area contributed by atoms with Gasteiger partial charge in [0.2, 0.25) is 11.7 Å². The maximum atomic E-state index is 12.4. The minimum atomic E-state index is -0.391. The van der Waals surface area contributed by atoms with E-state index in [4.69, 9.17) is 14.2 Å². The summed E-state index contributed by atoms with van der Waals surface area (Å²) >= 11 is 0. The molecule has 1 aliphatic heterocycles. The predicted molar refractivity (Wildman–Crippen MR) is 111 cm³/mol. The number of nitrogens with zero attached hydrogens (tertiary/aromatic N) is 1. The van der Waals surface area contributed by atoms with Crippen LogP contribution in [0.3, 0.4) is 0 Å². The van der Waals surface area contributed by atoms with Crippen LogP contribution in [0, 0.1) is 5.92 Å². The van der Waals surface area contributed by atoms with E-state index >= 15 is 0 Å². The zero-order valence-electron chi connectivity index (χ0n) is 18.0. The maximum absolute atomic E-state index is 12.4. The number of amides is 2. The average molecular weight is 408 g/mol. The van der Waals surface area contributed by atoms with E-state index in [1.165, 1.54) is 34.2 Å². The Kier molecular flexibility index (Phi) is 8.57. The Morgan fingerprint density at radius 3 is 2.17 bits per heavy atom. The van der Waals surface area contributed by atoms with Crippen molar-refractivity contribution in [1.29, 1.82) is 0 Å². The Balaban J connectivity index is 1.84. The molecule has 1 atom stereocenters. The first-order valence-electron chi connectivity index (χ1n) is 9.98. The van der Waals surface area contributed by atoms with Gasteiger partial charge < -0.3 is 24.8 Å². The number of hydrogen-bond donors (Lipinski definition) is 2. The van der Waals surface area contributed by atoms with Gasteiger partial charge >= 0.3 is 0 Å². The van der Waals surface area contributed by atoms with Gasteiger partial charge in [-0.05, 0) is 50.9 Å². The number of piperidine rings is 1. The Hall–Kier alpha value is -2.48. The lowest BCUT2D eigenvalue weighted by atomic mass is 9.98. The predicted octanol–water partition coefficient (Wildman–Crippen LogP) is 1.68. The highest BCUT2D eigenvalue weighted by molar-refractivity contribution is 5.97. The van der Waals surface area contributed by atoms with E-state index in [1.807, 2.05) is 0 Å². The first-order valence-corrected chi connectivity index (χ1v) is 9.98. The van der Waals surface area contributed by atoms with Crippen molar-refractivity contribution in [3.8, 4) is 17.2 Å². The molecule has 1 aromatic rings. The lowest BCUT2D eigenvalue weighted by Crippen LogP contribution is -2.47. The van der Waals surface area contributed by atoms with E-state index in [1.54, 1.807) is 12.1 Å². The second-order valence-electron chi connectivity index (χ2n) is 7.47. The standard InChI is InChI=1S/C21H33N3O5/c1-14-6-8-24(9-7-14)15(2)12-22-19(25)13-23-21(26)16-10-17(27-3)20(29-5)18(11-16)28-4/h10-11,14-15H,6-9,12-13H2,1-5H3,(H,22,25)(H,23,26). The van der Waals surface area contributed by atoms with Crippen LogP contribution < -0.4 is 24.8 Å². The summed E-state index contributed by atoms with van der Waals surface area (Å²) in [5.41, 5.74) is 0.322. The van der Waals surface area contributed by atoms with Crippen LogP contribution in [0.25, 0.3) is 0 Å². The second kappa shape index (κ2) is 10.9. The van der Waals surface area contributed by atoms with Crippen molar-refractivity contribution in [3.63, 3.8) is 0 Å². The van der Waals surface area contributed by atoms with Gasteiger partial charge in [0, 0.05) is 18.2 Å². The molecule has 0 aliphatic carbocycles. The lowest BCUT2D eigenvalue weighted by molar-refractivity contribution is -0.120. The van der Waals surface area contributed by atoms with Gasteiger partial charge in [-0.25, -0.2) is 0 Å². The van der Waals surface area contributed by atoms with Crippen LogP contribution in [0.4, 0.5) is 0 Å². The molecular weight excluding hydrogens is 374 g/mol. The Morgan fingerprint density at radius 1 is 1.07 bits per heavy atom. The van der Waals surface area contributed by atoms with E-state index in [2.05, 4.69) is 29.4 Å². The normalized spacial score (nSPS) is 16.0. The molecule has 29 heavy (non-hydrogen) atoms. The molecule has 8 nitrogen and oxygen atoms in total. The van der Waals surface area contributed by atoms with Crippen LogP contribution in [0.1, 0.15) is 37.0 Å². The van der Waals surface area contributed by atoms with Gasteiger partial charge in [0.25, 0.3) is 5.91 Å². The quantitative estimate of drug-likeness (QED) is 0.647. The van der Waals surface area contributed by atoms with Gasteiger partial charge in [-0.15, -0.1) is 0 Å². The molecule has 2 amide bonds. The third kappa shape index (κ3) is 6.25. The van der Waals surface area contributed by atoms with Gasteiger partial charge in [-0.1, -0.05) is 6.92 Å². The molecule has 0 aromatic heterocycles. The monoisotopic (exact) mass is 407 g/mol. The van der Waals surface area contributed by atoms with E-state index in [-0.39, 0.29) is 18.5 Å². The van der Waals surface area contributed by atoms with E-state index in [0.29, 0.717) is 29.4 Å². The van der Waals surface area contributed by atoms with Crippen molar-refractivity contribution in [3.05, 3.63) is 17.7 Å². The summed E-state index contributed by atoms with van der Waals surface area (Å²) in [4.78, 5) is 27.0. The molecule has 1 saturated heterocycles. The summed E-state index contributed by atoms with van der Waals surface area (Å²) < 4.78 is 15.8. The molecular formula is C21H33N3O5. The molecule has 2 rings (SSSR count). The first kappa shape index (κ1) is 22.8. The Bertz CT molecular complexity index is 677. The van der Waals surface area contributed by atoms with Crippen LogP contribution >= 0.6 is 0 Å². The Morgan fingerprint density at radius 2 is 1.66 bits per heavy atom. The molecule has 8 heteroatoms. The molecule has 1 fully saturated rings. The number of rotatable bonds is 9. The number of benzene rings is 1. The topological polar surface area (TPSA) is 89.1 Å². The third-order valence-corrected chi connectivity index (χ3v) is 5.37. The fourth-order valence-electron chi connectivity index (χ4n) is 3.40. The van der Waals surface area contributed by atoms with Gasteiger partial charge in [0.05, 0.1) is 27.9 Å². The third-order valence-electron chi connectivity index (χ3n) is 5.37. The molecule has 2 N–H and O–H groups in total. The van der Waals surface area contributed by atoms with E-state index in [9.17, 15) is 9.59 Å². The number of methoxy groups -OCH3 is 3. The van der Waals surface area contributed by atoms with Crippen molar-refractivity contribution in [1.82, 2.24) is 15.5 Å².